The van der Waals surface area contributed by atoms with E-state index in [0.29, 0.717) is 0 Å². The molecule has 0 aliphatic rings. The molecule has 3 N–H and O–H groups in total. The van der Waals surface area contributed by atoms with Crippen molar-refractivity contribution in [3.63, 3.8) is 0 Å². The Morgan fingerprint density at radius 2 is 1.20 bits per heavy atom. The molecule has 32 valence electrons. The van der Waals surface area contributed by atoms with E-state index in [9.17, 15) is 0 Å². The van der Waals surface area contributed by atoms with Gasteiger partial charge in [-0.1, -0.05) is 20.6 Å². The van der Waals surface area contributed by atoms with E-state index in [2.05, 4.69) is 18.9 Å². The minimum Gasteiger partial charge on any atom is -0.344 e. The summed E-state index contributed by atoms with van der Waals surface area (Å²) in [4.78, 5) is 0. The van der Waals surface area contributed by atoms with Crippen LogP contribution in [0.1, 0.15) is 7.43 Å². The first kappa shape index (κ1) is 24.8. The Bertz CT molecular complexity index is 24.6. The molecule has 0 fully saturated rings. The van der Waals surface area contributed by atoms with Crippen molar-refractivity contribution in [1.29, 1.82) is 0 Å². The second-order valence-corrected chi connectivity index (χ2v) is 0.250. The fraction of sp³-hybridized carbons (Fsp3) is 0.250. The summed E-state index contributed by atoms with van der Waals surface area (Å²) in [5.41, 5.74) is 2.25. The summed E-state index contributed by atoms with van der Waals surface area (Å²) in [7, 11) is 0. The molecule has 0 saturated heterocycles. The largest absolute Gasteiger partial charge is 0.344 e. The first-order valence-electron chi connectivity index (χ1n) is 0.707. The van der Waals surface area contributed by atoms with Crippen molar-refractivity contribution in [2.45, 2.75) is 7.43 Å². The van der Waals surface area contributed by atoms with Gasteiger partial charge in [0.2, 0.25) is 0 Å². The van der Waals surface area contributed by atoms with Crippen LogP contribution in [0.3, 0.4) is 0 Å². The summed E-state index contributed by atoms with van der Waals surface area (Å²) in [6.45, 7) is 6.25. The van der Waals surface area contributed by atoms with Gasteiger partial charge in [-0.05, 0) is 0 Å². The van der Waals surface area contributed by atoms with E-state index in [1.165, 1.54) is 0 Å². The third-order valence-electron chi connectivity index (χ3n) is 0. The van der Waals surface area contributed by atoms with Crippen LogP contribution < -0.4 is 6.15 Å². The summed E-state index contributed by atoms with van der Waals surface area (Å²) in [6.07, 6.45) is 0. The van der Waals surface area contributed by atoms with Crippen LogP contribution in [-0.4, -0.2) is 0 Å². The predicted molar refractivity (Wildman–Crippen MR) is 26.5 cm³/mol. The molecule has 1 heteroatoms. The Hall–Kier alpha value is -0.520. The van der Waals surface area contributed by atoms with Crippen LogP contribution >= 0.6 is 0 Å². The van der Waals surface area contributed by atoms with Crippen LogP contribution in [0.5, 0.6) is 0 Å². The molecule has 0 aliphatic heterocycles. The second kappa shape index (κ2) is 92.9. The average molecular weight is 73.1 g/mol. The molecule has 5 heavy (non-hydrogen) atoms. The molecule has 0 aromatic heterocycles. The molecule has 0 atom stereocenters. The van der Waals surface area contributed by atoms with Crippen molar-refractivity contribution in [2.75, 3.05) is 0 Å². The number of hydrogen-bond donors (Lipinski definition) is 1. The fourth-order valence-corrected chi connectivity index (χ4v) is 0. The van der Waals surface area contributed by atoms with E-state index in [0.717, 1.165) is 0 Å². The zero-order valence-corrected chi connectivity index (χ0v) is 2.62. The Morgan fingerprint density at radius 3 is 1.20 bits per heavy atom. The zero-order valence-electron chi connectivity index (χ0n) is 2.62. The minimum atomic E-state index is 0. The average Bonchev–Trinajstić information content (AvgIpc) is 0.918. The van der Waals surface area contributed by atoms with Gasteiger partial charge in [-0.15, -0.1) is 5.73 Å². The molecule has 0 radical (unpaired) electrons. The van der Waals surface area contributed by atoms with Gasteiger partial charge in [0, 0.05) is 0 Å². The molecule has 0 rings (SSSR count). The lowest BCUT2D eigenvalue weighted by molar-refractivity contribution is 2.13. The fourth-order valence-electron chi connectivity index (χ4n) is 0. The van der Waals surface area contributed by atoms with Crippen LogP contribution in [0.4, 0.5) is 0 Å². The van der Waals surface area contributed by atoms with Crippen LogP contribution in [0.25, 0.3) is 0 Å². The lowest BCUT2D eigenvalue weighted by Crippen LogP contribution is -0.844. The van der Waals surface area contributed by atoms with E-state index in [-0.39, 0.29) is 13.6 Å². The second-order valence-electron chi connectivity index (χ2n) is 0.250. The molecular formula is C4H11N. The van der Waals surface area contributed by atoms with Crippen LogP contribution in [-0.2, 0) is 0 Å². The minimum absolute atomic E-state index is 0. The third-order valence-corrected chi connectivity index (χ3v) is 0. The van der Waals surface area contributed by atoms with Gasteiger partial charge in [-0.2, -0.15) is 0 Å². The maximum absolute atomic E-state index is 3.12. The molecule has 0 amide bonds. The first-order valence-corrected chi connectivity index (χ1v) is 0.707. The van der Waals surface area contributed by atoms with Crippen LogP contribution in [0, 0.1) is 0 Å². The lowest BCUT2D eigenvalue weighted by atomic mass is 11.0. The Labute approximate surface area is 33.6 Å². The zero-order chi connectivity index (χ0) is 2.71. The van der Waals surface area contributed by atoms with E-state index in [1.54, 1.807) is 0 Å². The van der Waals surface area contributed by atoms with Gasteiger partial charge in [-0.25, -0.2) is 0 Å². The van der Waals surface area contributed by atoms with Gasteiger partial charge in [0.1, 0.15) is 0 Å². The third kappa shape index (κ3) is 28.2. The molecule has 0 bridgehead atoms. The standard InChI is InChI=1S/C3H4.CH4.H3N/c1-3-2;;/h1-2H2;1H4;1H3. The summed E-state index contributed by atoms with van der Waals surface area (Å²) < 4.78 is 0. The van der Waals surface area contributed by atoms with Crippen molar-refractivity contribution < 1.29 is 0 Å². The monoisotopic (exact) mass is 73.1 g/mol. The van der Waals surface area contributed by atoms with Gasteiger partial charge < -0.3 is 6.15 Å². The molecule has 0 saturated carbocycles. The Kier molecular flexibility index (Phi) is 460. The maximum Gasteiger partial charge on any atom is -0.0572 e. The highest BCUT2D eigenvalue weighted by atomic mass is 14.0. The summed E-state index contributed by atoms with van der Waals surface area (Å²) >= 11 is 0. The van der Waals surface area contributed by atoms with Crippen molar-refractivity contribution in [1.82, 2.24) is 6.15 Å². The highest BCUT2D eigenvalue weighted by molar-refractivity contribution is 4.51. The smallest absolute Gasteiger partial charge is 0.0572 e. The normalized spacial score (nSPS) is 1.60. The van der Waals surface area contributed by atoms with Crippen LogP contribution in [0.2, 0.25) is 0 Å². The summed E-state index contributed by atoms with van der Waals surface area (Å²) in [6, 6.07) is 0. The molecule has 0 heterocycles. The van der Waals surface area contributed by atoms with E-state index in [4.69, 9.17) is 0 Å². The Morgan fingerprint density at radius 1 is 1.20 bits per heavy atom. The lowest BCUT2D eigenvalue weighted by Gasteiger charge is -1.10. The van der Waals surface area contributed by atoms with E-state index >= 15 is 0 Å². The SMILES string of the molecule is C.C=C=C.N. The van der Waals surface area contributed by atoms with Crippen molar-refractivity contribution in [3.8, 4) is 0 Å². The summed E-state index contributed by atoms with van der Waals surface area (Å²) in [5.74, 6) is 0. The van der Waals surface area contributed by atoms with Gasteiger partial charge in [-0.3, -0.25) is 0 Å². The van der Waals surface area contributed by atoms with E-state index < -0.39 is 0 Å². The Balaban J connectivity index is -0.0000000200. The van der Waals surface area contributed by atoms with Crippen molar-refractivity contribution in [2.24, 2.45) is 0 Å². The molecule has 0 aromatic carbocycles. The first-order chi connectivity index (χ1) is 1.41. The molecular weight excluding hydrogens is 62.1 g/mol. The topological polar surface area (TPSA) is 35.0 Å². The molecule has 0 spiro atoms. The van der Waals surface area contributed by atoms with E-state index in [1.807, 2.05) is 0 Å². The molecule has 0 unspecified atom stereocenters. The van der Waals surface area contributed by atoms with Gasteiger partial charge in [0.05, 0.1) is 0 Å². The predicted octanol–water partition coefficient (Wildman–Crippen LogP) is 1.76. The molecule has 1 nitrogen and oxygen atoms in total. The quantitative estimate of drug-likeness (QED) is 0.435. The summed E-state index contributed by atoms with van der Waals surface area (Å²) in [5, 5.41) is 0. The molecule has 0 aromatic rings. The molecule has 0 aliphatic carbocycles. The highest BCUT2D eigenvalue weighted by Crippen LogP contribution is 1.16. The number of hydrogen-bond acceptors (Lipinski definition) is 1. The maximum atomic E-state index is 3.12. The van der Waals surface area contributed by atoms with Crippen molar-refractivity contribution >= 4 is 0 Å². The van der Waals surface area contributed by atoms with Gasteiger partial charge in [0.25, 0.3) is 0 Å². The highest BCUT2D eigenvalue weighted by Gasteiger charge is 0.904. The van der Waals surface area contributed by atoms with Gasteiger partial charge in [0.15, 0.2) is 0 Å². The van der Waals surface area contributed by atoms with Crippen molar-refractivity contribution in [3.05, 3.63) is 18.9 Å². The van der Waals surface area contributed by atoms with Gasteiger partial charge >= 0.3 is 0 Å². The number of rotatable bonds is 0. The van der Waals surface area contributed by atoms with Crippen LogP contribution in [0.15, 0.2) is 18.9 Å².